The Morgan fingerprint density at radius 1 is 1.05 bits per heavy atom. The highest BCUT2D eigenvalue weighted by atomic mass is 16.5. The van der Waals surface area contributed by atoms with Crippen molar-refractivity contribution in [3.63, 3.8) is 0 Å². The standard InChI is InChI=1S/C17H28N2O2/c18-12-15-6-8-17(9-7-15)21-14-16(20)13-19-10-4-2-1-3-5-11-19/h6-9,16,20H,1-5,10-14,18H2. The molecule has 0 spiro atoms. The number of hydrogen-bond acceptors (Lipinski definition) is 4. The van der Waals surface area contributed by atoms with E-state index in [0.717, 1.165) is 24.4 Å². The second-order valence-electron chi connectivity index (χ2n) is 5.88. The molecule has 0 amide bonds. The van der Waals surface area contributed by atoms with E-state index >= 15 is 0 Å². The lowest BCUT2D eigenvalue weighted by molar-refractivity contribution is 0.0654. The molecule has 0 aromatic heterocycles. The Morgan fingerprint density at radius 3 is 2.29 bits per heavy atom. The fourth-order valence-electron chi connectivity index (χ4n) is 2.76. The van der Waals surface area contributed by atoms with Gasteiger partial charge >= 0.3 is 0 Å². The van der Waals surface area contributed by atoms with Crippen LogP contribution in [0.1, 0.15) is 37.7 Å². The second kappa shape index (κ2) is 9.03. The first kappa shape index (κ1) is 16.3. The summed E-state index contributed by atoms with van der Waals surface area (Å²) in [5.41, 5.74) is 6.65. The average molecular weight is 292 g/mol. The van der Waals surface area contributed by atoms with E-state index in [1.54, 1.807) is 0 Å². The zero-order valence-electron chi connectivity index (χ0n) is 12.8. The molecule has 21 heavy (non-hydrogen) atoms. The van der Waals surface area contributed by atoms with Crippen molar-refractivity contribution in [3.05, 3.63) is 29.8 Å². The monoisotopic (exact) mass is 292 g/mol. The van der Waals surface area contributed by atoms with Crippen molar-refractivity contribution in [1.82, 2.24) is 4.90 Å². The summed E-state index contributed by atoms with van der Waals surface area (Å²) in [7, 11) is 0. The second-order valence-corrected chi connectivity index (χ2v) is 5.88. The van der Waals surface area contributed by atoms with Crippen molar-refractivity contribution in [3.8, 4) is 5.75 Å². The van der Waals surface area contributed by atoms with Gasteiger partial charge < -0.3 is 20.5 Å². The summed E-state index contributed by atoms with van der Waals surface area (Å²) < 4.78 is 5.65. The van der Waals surface area contributed by atoms with Gasteiger partial charge in [0.25, 0.3) is 0 Å². The zero-order chi connectivity index (χ0) is 14.9. The Kier molecular flexibility index (Phi) is 7.00. The van der Waals surface area contributed by atoms with Crippen LogP contribution in [0.4, 0.5) is 0 Å². The molecule has 1 atom stereocenters. The molecule has 2 rings (SSSR count). The summed E-state index contributed by atoms with van der Waals surface area (Å²) in [5, 5.41) is 10.1. The van der Waals surface area contributed by atoms with Crippen LogP contribution in [0.25, 0.3) is 0 Å². The van der Waals surface area contributed by atoms with Crippen LogP contribution >= 0.6 is 0 Å². The van der Waals surface area contributed by atoms with Gasteiger partial charge in [0.1, 0.15) is 18.5 Å². The average Bonchev–Trinajstić information content (AvgIpc) is 2.48. The largest absolute Gasteiger partial charge is 0.491 e. The Morgan fingerprint density at radius 2 is 1.67 bits per heavy atom. The van der Waals surface area contributed by atoms with E-state index in [1.807, 2.05) is 24.3 Å². The Balaban J connectivity index is 1.71. The third-order valence-electron chi connectivity index (χ3n) is 4.02. The highest BCUT2D eigenvalue weighted by molar-refractivity contribution is 5.27. The minimum absolute atomic E-state index is 0.346. The number of nitrogens with two attached hydrogens (primary N) is 1. The van der Waals surface area contributed by atoms with Crippen LogP contribution in [0.2, 0.25) is 0 Å². The van der Waals surface area contributed by atoms with Gasteiger partial charge in [-0.15, -0.1) is 0 Å². The Labute approximate surface area is 127 Å². The lowest BCUT2D eigenvalue weighted by Gasteiger charge is -2.26. The Hall–Kier alpha value is -1.10. The highest BCUT2D eigenvalue weighted by Crippen LogP contribution is 2.13. The van der Waals surface area contributed by atoms with Crippen molar-refractivity contribution in [1.29, 1.82) is 0 Å². The smallest absolute Gasteiger partial charge is 0.119 e. The van der Waals surface area contributed by atoms with E-state index in [-0.39, 0.29) is 0 Å². The van der Waals surface area contributed by atoms with Gasteiger partial charge in [0.2, 0.25) is 0 Å². The first-order chi connectivity index (χ1) is 10.3. The van der Waals surface area contributed by atoms with E-state index in [1.165, 1.54) is 32.1 Å². The van der Waals surface area contributed by atoms with Gasteiger partial charge in [-0.2, -0.15) is 0 Å². The number of aliphatic hydroxyl groups is 1. The summed E-state index contributed by atoms with van der Waals surface area (Å²) in [5.74, 6) is 0.791. The van der Waals surface area contributed by atoms with Gasteiger partial charge in [-0.3, -0.25) is 0 Å². The lowest BCUT2D eigenvalue weighted by atomic mass is 10.1. The first-order valence-corrected chi connectivity index (χ1v) is 8.10. The Bertz CT molecular complexity index is 386. The van der Waals surface area contributed by atoms with Crippen LogP contribution in [0.15, 0.2) is 24.3 Å². The number of rotatable bonds is 6. The molecule has 0 aliphatic carbocycles. The number of likely N-dealkylation sites (tertiary alicyclic amines) is 1. The molecular weight excluding hydrogens is 264 g/mol. The number of nitrogens with zero attached hydrogens (tertiary/aromatic N) is 1. The van der Waals surface area contributed by atoms with Crippen molar-refractivity contribution in [2.75, 3.05) is 26.2 Å². The molecule has 118 valence electrons. The molecule has 1 aromatic carbocycles. The molecule has 0 saturated carbocycles. The molecule has 3 N–H and O–H groups in total. The molecule has 4 nitrogen and oxygen atoms in total. The molecule has 1 aliphatic rings. The molecule has 1 unspecified atom stereocenters. The maximum absolute atomic E-state index is 10.1. The maximum atomic E-state index is 10.1. The van der Waals surface area contributed by atoms with E-state index in [4.69, 9.17) is 10.5 Å². The summed E-state index contributed by atoms with van der Waals surface area (Å²) in [4.78, 5) is 2.37. The predicted molar refractivity (Wildman–Crippen MR) is 85.4 cm³/mol. The van der Waals surface area contributed by atoms with Crippen molar-refractivity contribution >= 4 is 0 Å². The SMILES string of the molecule is NCc1ccc(OCC(O)CN2CCCCCCC2)cc1. The van der Waals surface area contributed by atoms with Crippen LogP contribution in [-0.4, -0.2) is 42.4 Å². The predicted octanol–water partition coefficient (Wildman–Crippen LogP) is 2.15. The fraction of sp³-hybridized carbons (Fsp3) is 0.647. The fourth-order valence-corrected chi connectivity index (χ4v) is 2.76. The van der Waals surface area contributed by atoms with Crippen LogP contribution in [0.3, 0.4) is 0 Å². The number of ether oxygens (including phenoxy) is 1. The van der Waals surface area contributed by atoms with Gasteiger partial charge in [0, 0.05) is 13.1 Å². The van der Waals surface area contributed by atoms with Crippen molar-refractivity contribution < 1.29 is 9.84 Å². The zero-order valence-corrected chi connectivity index (χ0v) is 12.8. The topological polar surface area (TPSA) is 58.7 Å². The molecule has 1 heterocycles. The van der Waals surface area contributed by atoms with Gasteiger partial charge in [-0.05, 0) is 43.6 Å². The minimum atomic E-state index is -0.432. The molecule has 0 radical (unpaired) electrons. The van der Waals surface area contributed by atoms with Gasteiger partial charge in [-0.25, -0.2) is 0 Å². The van der Waals surface area contributed by atoms with E-state index in [2.05, 4.69) is 4.90 Å². The van der Waals surface area contributed by atoms with E-state index in [9.17, 15) is 5.11 Å². The summed E-state index contributed by atoms with van der Waals surface area (Å²) in [6, 6.07) is 7.73. The van der Waals surface area contributed by atoms with E-state index in [0.29, 0.717) is 19.7 Å². The lowest BCUT2D eigenvalue weighted by Crippen LogP contribution is -2.37. The van der Waals surface area contributed by atoms with Crippen molar-refractivity contribution in [2.24, 2.45) is 5.73 Å². The van der Waals surface area contributed by atoms with Crippen LogP contribution in [0, 0.1) is 0 Å². The molecule has 1 aliphatic heterocycles. The van der Waals surface area contributed by atoms with Crippen molar-refractivity contribution in [2.45, 2.75) is 44.8 Å². The number of hydrogen-bond donors (Lipinski definition) is 2. The van der Waals surface area contributed by atoms with Crippen LogP contribution in [-0.2, 0) is 6.54 Å². The normalized spacial score (nSPS) is 18.8. The quantitative estimate of drug-likeness (QED) is 0.843. The summed E-state index contributed by atoms with van der Waals surface area (Å²) in [6.07, 6.45) is 6.05. The van der Waals surface area contributed by atoms with E-state index < -0.39 is 6.10 Å². The first-order valence-electron chi connectivity index (χ1n) is 8.10. The van der Waals surface area contributed by atoms with Crippen LogP contribution < -0.4 is 10.5 Å². The van der Waals surface area contributed by atoms with Gasteiger partial charge in [-0.1, -0.05) is 31.4 Å². The third-order valence-corrected chi connectivity index (χ3v) is 4.02. The molecule has 1 fully saturated rings. The maximum Gasteiger partial charge on any atom is 0.119 e. The molecular formula is C17H28N2O2. The van der Waals surface area contributed by atoms with Gasteiger partial charge in [0.15, 0.2) is 0 Å². The number of aliphatic hydroxyl groups excluding tert-OH is 1. The summed E-state index contributed by atoms with van der Waals surface area (Å²) >= 11 is 0. The van der Waals surface area contributed by atoms with Crippen LogP contribution in [0.5, 0.6) is 5.75 Å². The molecule has 4 heteroatoms. The number of benzene rings is 1. The minimum Gasteiger partial charge on any atom is -0.491 e. The molecule has 1 aromatic rings. The van der Waals surface area contributed by atoms with Gasteiger partial charge in [0.05, 0.1) is 0 Å². The molecule has 1 saturated heterocycles. The summed E-state index contributed by atoms with van der Waals surface area (Å²) in [6.45, 7) is 3.79. The molecule has 0 bridgehead atoms. The number of β-amino-alcohol motifs (C(OH)–C–C–N with tert-alkyl or cyclic N) is 1. The third kappa shape index (κ3) is 6.04. The highest BCUT2D eigenvalue weighted by Gasteiger charge is 2.13.